The van der Waals surface area contributed by atoms with E-state index >= 15 is 0 Å². The van der Waals surface area contributed by atoms with E-state index in [0.29, 0.717) is 24.8 Å². The zero-order valence-electron chi connectivity index (χ0n) is 14.4. The van der Waals surface area contributed by atoms with Crippen molar-refractivity contribution in [3.63, 3.8) is 0 Å². The number of benzene rings is 1. The molecule has 1 amide bonds. The molecule has 130 valence electrons. The van der Waals surface area contributed by atoms with E-state index in [1.54, 1.807) is 19.1 Å². The molecule has 7 heteroatoms. The van der Waals surface area contributed by atoms with Crippen LogP contribution in [0.1, 0.15) is 26.3 Å². The second-order valence-electron chi connectivity index (χ2n) is 5.82. The zero-order chi connectivity index (χ0) is 17.6. The van der Waals surface area contributed by atoms with E-state index in [4.69, 9.17) is 4.74 Å². The summed E-state index contributed by atoms with van der Waals surface area (Å²) in [5.41, 5.74) is 0.741. The Kier molecular flexibility index (Phi) is 7.02. The molecule has 0 aliphatic rings. The first kappa shape index (κ1) is 19.4. The summed E-state index contributed by atoms with van der Waals surface area (Å²) in [6.45, 7) is 8.44. The molecule has 1 N–H and O–H groups in total. The normalized spacial score (nSPS) is 11.8. The van der Waals surface area contributed by atoms with Gasteiger partial charge in [-0.1, -0.05) is 13.8 Å². The number of nitrogens with one attached hydrogen (secondary N) is 1. The van der Waals surface area contributed by atoms with Crippen LogP contribution in [0.5, 0.6) is 5.75 Å². The Balaban J connectivity index is 2.85. The quantitative estimate of drug-likeness (QED) is 0.781. The third-order valence-electron chi connectivity index (χ3n) is 3.23. The molecule has 0 unspecified atom stereocenters. The molecule has 0 fully saturated rings. The number of likely N-dealkylation sites (N-methyl/N-ethyl adjacent to an activating group) is 1. The molecular formula is C16H26N2O4S. The van der Waals surface area contributed by atoms with Crippen LogP contribution in [-0.4, -0.2) is 45.4 Å². The molecule has 0 bridgehead atoms. The molecule has 6 nitrogen and oxygen atoms in total. The lowest BCUT2D eigenvalue weighted by atomic mass is 10.2. The highest BCUT2D eigenvalue weighted by molar-refractivity contribution is 7.89. The van der Waals surface area contributed by atoms with E-state index in [0.717, 1.165) is 9.87 Å². The number of amides is 1. The second-order valence-corrected chi connectivity index (χ2v) is 7.86. The highest BCUT2D eigenvalue weighted by Crippen LogP contribution is 2.23. The van der Waals surface area contributed by atoms with E-state index in [-0.39, 0.29) is 17.3 Å². The molecule has 1 rings (SSSR count). The topological polar surface area (TPSA) is 75.7 Å². The molecule has 23 heavy (non-hydrogen) atoms. The minimum absolute atomic E-state index is 0.151. The summed E-state index contributed by atoms with van der Waals surface area (Å²) in [5.74, 6) is 0.658. The minimum Gasteiger partial charge on any atom is -0.494 e. The maximum absolute atomic E-state index is 12.5. The Labute approximate surface area is 138 Å². The van der Waals surface area contributed by atoms with Crippen LogP contribution in [0.15, 0.2) is 23.1 Å². The lowest BCUT2D eigenvalue weighted by Gasteiger charge is -2.18. The lowest BCUT2D eigenvalue weighted by molar-refractivity contribution is -0.121. The Morgan fingerprint density at radius 3 is 2.52 bits per heavy atom. The summed E-state index contributed by atoms with van der Waals surface area (Å²) in [7, 11) is -2.31. The molecule has 0 aliphatic heterocycles. The van der Waals surface area contributed by atoms with Gasteiger partial charge < -0.3 is 10.1 Å². The maximum Gasteiger partial charge on any atom is 0.243 e. The van der Waals surface area contributed by atoms with E-state index in [9.17, 15) is 13.2 Å². The fourth-order valence-electron chi connectivity index (χ4n) is 1.94. The first-order valence-corrected chi connectivity index (χ1v) is 9.09. The van der Waals surface area contributed by atoms with Crippen LogP contribution >= 0.6 is 0 Å². The van der Waals surface area contributed by atoms with Gasteiger partial charge in [-0.05, 0) is 43.5 Å². The molecule has 0 saturated heterocycles. The van der Waals surface area contributed by atoms with Crippen molar-refractivity contribution in [2.75, 3.05) is 26.7 Å². The van der Waals surface area contributed by atoms with Crippen molar-refractivity contribution in [3.8, 4) is 5.75 Å². The number of carbonyl (C=O) groups excluding carboxylic acids is 1. The summed E-state index contributed by atoms with van der Waals surface area (Å²) in [5, 5.41) is 2.71. The smallest absolute Gasteiger partial charge is 0.243 e. The molecular weight excluding hydrogens is 316 g/mol. The first-order chi connectivity index (χ1) is 10.7. The third kappa shape index (κ3) is 5.51. The Morgan fingerprint density at radius 1 is 1.35 bits per heavy atom. The highest BCUT2D eigenvalue weighted by atomic mass is 32.2. The summed E-state index contributed by atoms with van der Waals surface area (Å²) >= 11 is 0. The Bertz CT molecular complexity index is 641. The largest absolute Gasteiger partial charge is 0.494 e. The first-order valence-electron chi connectivity index (χ1n) is 7.65. The van der Waals surface area contributed by atoms with Gasteiger partial charge in [0, 0.05) is 13.6 Å². The van der Waals surface area contributed by atoms with Gasteiger partial charge in [0.2, 0.25) is 15.9 Å². The van der Waals surface area contributed by atoms with Crippen molar-refractivity contribution in [2.24, 2.45) is 5.92 Å². The fraction of sp³-hybridized carbons (Fsp3) is 0.562. The molecule has 0 saturated carbocycles. The summed E-state index contributed by atoms with van der Waals surface area (Å²) in [6.07, 6.45) is 0. The minimum atomic E-state index is -3.71. The third-order valence-corrected chi connectivity index (χ3v) is 5.03. The molecule has 1 aromatic carbocycles. The molecule has 0 heterocycles. The van der Waals surface area contributed by atoms with Crippen molar-refractivity contribution < 1.29 is 17.9 Å². The van der Waals surface area contributed by atoms with Crippen molar-refractivity contribution in [2.45, 2.75) is 32.6 Å². The Hall–Kier alpha value is -1.60. The fourth-order valence-corrected chi connectivity index (χ4v) is 3.15. The Morgan fingerprint density at radius 2 is 2.00 bits per heavy atom. The van der Waals surface area contributed by atoms with Crippen LogP contribution in [0.4, 0.5) is 0 Å². The molecule has 0 atom stereocenters. The number of hydrogen-bond acceptors (Lipinski definition) is 4. The lowest BCUT2D eigenvalue weighted by Crippen LogP contribution is -2.39. The highest BCUT2D eigenvalue weighted by Gasteiger charge is 2.23. The van der Waals surface area contributed by atoms with Gasteiger partial charge in [-0.15, -0.1) is 0 Å². The van der Waals surface area contributed by atoms with Gasteiger partial charge in [0.25, 0.3) is 0 Å². The van der Waals surface area contributed by atoms with Gasteiger partial charge in [0.15, 0.2) is 0 Å². The SMILES string of the molecule is CCOc1ccc(S(=O)(=O)N(C)CC(=O)NCC(C)C)cc1C. The van der Waals surface area contributed by atoms with Crippen LogP contribution in [0, 0.1) is 12.8 Å². The number of rotatable bonds is 8. The number of aryl methyl sites for hydroxylation is 1. The van der Waals surface area contributed by atoms with E-state index in [2.05, 4.69) is 5.32 Å². The summed E-state index contributed by atoms with van der Waals surface area (Å²) < 4.78 is 31.5. The van der Waals surface area contributed by atoms with Gasteiger partial charge >= 0.3 is 0 Å². The standard InChI is InChI=1S/C16H26N2O4S/c1-6-22-15-8-7-14(9-13(15)4)23(20,21)18(5)11-16(19)17-10-12(2)3/h7-9,12H,6,10-11H2,1-5H3,(H,17,19). The van der Waals surface area contributed by atoms with Crippen molar-refractivity contribution in [1.29, 1.82) is 0 Å². The van der Waals surface area contributed by atoms with Crippen molar-refractivity contribution in [1.82, 2.24) is 9.62 Å². The number of ether oxygens (including phenoxy) is 1. The average Bonchev–Trinajstić information content (AvgIpc) is 2.47. The maximum atomic E-state index is 12.5. The van der Waals surface area contributed by atoms with Crippen LogP contribution < -0.4 is 10.1 Å². The molecule has 0 aromatic heterocycles. The molecule has 1 aromatic rings. The monoisotopic (exact) mass is 342 g/mol. The van der Waals surface area contributed by atoms with Crippen LogP contribution in [0.2, 0.25) is 0 Å². The van der Waals surface area contributed by atoms with E-state index in [1.165, 1.54) is 13.1 Å². The number of sulfonamides is 1. The van der Waals surface area contributed by atoms with E-state index in [1.807, 2.05) is 20.8 Å². The van der Waals surface area contributed by atoms with Crippen LogP contribution in [-0.2, 0) is 14.8 Å². The van der Waals surface area contributed by atoms with Gasteiger partial charge in [0.05, 0.1) is 18.0 Å². The molecule has 0 spiro atoms. The average molecular weight is 342 g/mol. The predicted octanol–water partition coefficient (Wildman–Crippen LogP) is 1.79. The summed E-state index contributed by atoms with van der Waals surface area (Å²) in [6, 6.07) is 4.69. The number of hydrogen-bond donors (Lipinski definition) is 1. The number of nitrogens with zero attached hydrogens (tertiary/aromatic N) is 1. The number of carbonyl (C=O) groups is 1. The van der Waals surface area contributed by atoms with Gasteiger partial charge in [-0.25, -0.2) is 8.42 Å². The molecule has 0 aliphatic carbocycles. The molecule has 0 radical (unpaired) electrons. The van der Waals surface area contributed by atoms with Crippen molar-refractivity contribution >= 4 is 15.9 Å². The summed E-state index contributed by atoms with van der Waals surface area (Å²) in [4.78, 5) is 12.0. The van der Waals surface area contributed by atoms with Crippen LogP contribution in [0.25, 0.3) is 0 Å². The predicted molar refractivity (Wildman–Crippen MR) is 90.0 cm³/mol. The van der Waals surface area contributed by atoms with Gasteiger partial charge in [0.1, 0.15) is 5.75 Å². The zero-order valence-corrected chi connectivity index (χ0v) is 15.2. The van der Waals surface area contributed by atoms with Crippen LogP contribution in [0.3, 0.4) is 0 Å². The second kappa shape index (κ2) is 8.31. The van der Waals surface area contributed by atoms with E-state index < -0.39 is 10.0 Å². The van der Waals surface area contributed by atoms with Crippen molar-refractivity contribution in [3.05, 3.63) is 23.8 Å². The van der Waals surface area contributed by atoms with Gasteiger partial charge in [-0.3, -0.25) is 4.79 Å². The van der Waals surface area contributed by atoms with Gasteiger partial charge in [-0.2, -0.15) is 4.31 Å².